The number of amides is 2. The molecule has 0 unspecified atom stereocenters. The van der Waals surface area contributed by atoms with E-state index >= 15 is 0 Å². The van der Waals surface area contributed by atoms with Crippen LogP contribution in [0, 0.1) is 0 Å². The van der Waals surface area contributed by atoms with Crippen LogP contribution in [0.3, 0.4) is 0 Å². The van der Waals surface area contributed by atoms with Gasteiger partial charge in [0.25, 0.3) is 0 Å². The highest BCUT2D eigenvalue weighted by Crippen LogP contribution is 2.31. The van der Waals surface area contributed by atoms with Gasteiger partial charge in [-0.1, -0.05) is 46.8 Å². The lowest BCUT2D eigenvalue weighted by Crippen LogP contribution is -2.46. The minimum atomic E-state index is -0.620. The number of esters is 1. The van der Waals surface area contributed by atoms with E-state index in [9.17, 15) is 9.59 Å². The number of carbonyl (C=O) groups excluding carboxylic acids is 2. The van der Waals surface area contributed by atoms with Gasteiger partial charge in [0.05, 0.1) is 18.2 Å². The molecule has 26 heavy (non-hydrogen) atoms. The largest absolute Gasteiger partial charge is 0.463 e. The van der Waals surface area contributed by atoms with Crippen molar-refractivity contribution in [3.05, 3.63) is 51.6 Å². The van der Waals surface area contributed by atoms with Crippen LogP contribution in [0.2, 0.25) is 5.02 Å². The number of urea groups is 1. The van der Waals surface area contributed by atoms with Crippen molar-refractivity contribution in [2.45, 2.75) is 17.3 Å². The van der Waals surface area contributed by atoms with E-state index in [-0.39, 0.29) is 12.6 Å². The molecule has 0 saturated carbocycles. The molecule has 1 aliphatic rings. The summed E-state index contributed by atoms with van der Waals surface area (Å²) in [4.78, 5) is 24.7. The number of rotatable bonds is 6. The van der Waals surface area contributed by atoms with Gasteiger partial charge in [0.15, 0.2) is 4.34 Å². The van der Waals surface area contributed by atoms with E-state index in [2.05, 4.69) is 20.8 Å². The Bertz CT molecular complexity index is 825. The van der Waals surface area contributed by atoms with Crippen LogP contribution in [0.4, 0.5) is 4.79 Å². The molecule has 2 N–H and O–H groups in total. The summed E-state index contributed by atoms with van der Waals surface area (Å²) in [5.74, 6) is -0.117. The number of halogens is 1. The van der Waals surface area contributed by atoms with Crippen molar-refractivity contribution in [1.82, 2.24) is 20.8 Å². The monoisotopic (exact) mass is 410 g/mol. The third kappa shape index (κ3) is 4.35. The second kappa shape index (κ2) is 8.52. The number of ether oxygens (including phenoxy) is 1. The predicted octanol–water partition coefficient (Wildman–Crippen LogP) is 3.15. The van der Waals surface area contributed by atoms with E-state index in [0.29, 0.717) is 22.0 Å². The molecule has 1 aliphatic heterocycles. The summed E-state index contributed by atoms with van der Waals surface area (Å²) in [6.45, 7) is 1.97. The zero-order valence-electron chi connectivity index (χ0n) is 13.7. The van der Waals surface area contributed by atoms with Crippen molar-refractivity contribution in [2.75, 3.05) is 12.4 Å². The van der Waals surface area contributed by atoms with Gasteiger partial charge in [-0.2, -0.15) is 0 Å². The molecule has 0 spiro atoms. The third-order valence-corrected chi connectivity index (χ3v) is 5.67. The zero-order valence-corrected chi connectivity index (χ0v) is 16.1. The number of aromatic nitrogens is 2. The van der Waals surface area contributed by atoms with Gasteiger partial charge in [-0.3, -0.25) is 0 Å². The molecule has 10 heteroatoms. The van der Waals surface area contributed by atoms with Crippen LogP contribution in [0.5, 0.6) is 0 Å². The van der Waals surface area contributed by atoms with Gasteiger partial charge in [-0.15, -0.1) is 10.2 Å². The van der Waals surface area contributed by atoms with Gasteiger partial charge in [0.1, 0.15) is 5.51 Å². The quantitative estimate of drug-likeness (QED) is 0.561. The molecule has 2 aromatic rings. The Morgan fingerprint density at radius 3 is 2.81 bits per heavy atom. The van der Waals surface area contributed by atoms with E-state index in [1.165, 1.54) is 23.1 Å². The molecule has 2 heterocycles. The van der Waals surface area contributed by atoms with E-state index in [0.717, 1.165) is 9.90 Å². The van der Waals surface area contributed by atoms with Crippen LogP contribution in [-0.2, 0) is 9.53 Å². The molecule has 3 rings (SSSR count). The van der Waals surface area contributed by atoms with Crippen LogP contribution in [-0.4, -0.2) is 34.6 Å². The molecule has 1 aromatic heterocycles. The summed E-state index contributed by atoms with van der Waals surface area (Å²) in [5.41, 5.74) is 3.23. The summed E-state index contributed by atoms with van der Waals surface area (Å²) in [6, 6.07) is 5.96. The fraction of sp³-hybridized carbons (Fsp3) is 0.250. The maximum absolute atomic E-state index is 12.6. The molecule has 0 aliphatic carbocycles. The summed E-state index contributed by atoms with van der Waals surface area (Å²) in [6.07, 6.45) is 0. The van der Waals surface area contributed by atoms with Crippen molar-refractivity contribution < 1.29 is 14.3 Å². The number of nitrogens with one attached hydrogen (secondary N) is 2. The lowest BCUT2D eigenvalue weighted by Gasteiger charge is -2.29. The normalized spacial score (nSPS) is 16.8. The van der Waals surface area contributed by atoms with Gasteiger partial charge in [-0.25, -0.2) is 9.59 Å². The molecular formula is C16H15ClN4O3S2. The van der Waals surface area contributed by atoms with E-state index in [1.54, 1.807) is 36.7 Å². The average molecular weight is 411 g/mol. The number of nitrogens with zero attached hydrogens (tertiary/aromatic N) is 2. The van der Waals surface area contributed by atoms with E-state index in [1.807, 2.05) is 0 Å². The van der Waals surface area contributed by atoms with Gasteiger partial charge < -0.3 is 15.4 Å². The van der Waals surface area contributed by atoms with Gasteiger partial charge in [0.2, 0.25) is 0 Å². The molecule has 1 aromatic carbocycles. The van der Waals surface area contributed by atoms with Crippen LogP contribution < -0.4 is 10.6 Å². The second-order valence-electron chi connectivity index (χ2n) is 5.19. The number of hydrogen-bond donors (Lipinski definition) is 2. The smallest absolute Gasteiger partial charge is 0.338 e. The maximum atomic E-state index is 12.6. The Labute approximate surface area is 163 Å². The highest BCUT2D eigenvalue weighted by Gasteiger charge is 2.33. The van der Waals surface area contributed by atoms with Crippen LogP contribution in [0.15, 0.2) is 45.4 Å². The first-order valence-electron chi connectivity index (χ1n) is 7.70. The first kappa shape index (κ1) is 18.7. The standard InChI is InChI=1S/C16H15ClN4O3S2/c1-2-24-14(22)12-11(7-25-16-21-18-8-26-16)19-15(23)20-13(12)9-3-5-10(17)6-4-9/h3-6,8,13H,2,7H2,1H3,(H2,19,20,23)/t13-/m1/s1. The molecule has 0 fully saturated rings. The van der Waals surface area contributed by atoms with Crippen molar-refractivity contribution in [3.8, 4) is 0 Å². The fourth-order valence-electron chi connectivity index (χ4n) is 2.45. The summed E-state index contributed by atoms with van der Waals surface area (Å²) in [5, 5.41) is 13.8. The Hall–Kier alpha value is -2.10. The Balaban J connectivity index is 1.96. The first-order valence-corrected chi connectivity index (χ1v) is 9.95. The van der Waals surface area contributed by atoms with Crippen LogP contribution >= 0.6 is 34.7 Å². The Kier molecular flexibility index (Phi) is 6.12. The van der Waals surface area contributed by atoms with Crippen molar-refractivity contribution in [1.29, 1.82) is 0 Å². The SMILES string of the molecule is CCOC(=O)C1=C(CSc2nncs2)NC(=O)N[C@@H]1c1ccc(Cl)cc1. The van der Waals surface area contributed by atoms with Crippen molar-refractivity contribution in [3.63, 3.8) is 0 Å². The first-order chi connectivity index (χ1) is 12.6. The van der Waals surface area contributed by atoms with Gasteiger partial charge >= 0.3 is 12.0 Å². The van der Waals surface area contributed by atoms with Crippen molar-refractivity contribution >= 4 is 46.7 Å². The molecule has 0 radical (unpaired) electrons. The predicted molar refractivity (Wildman–Crippen MR) is 100 cm³/mol. The number of hydrogen-bond acceptors (Lipinski definition) is 7. The average Bonchev–Trinajstić information content (AvgIpc) is 3.13. The second-order valence-corrected chi connectivity index (χ2v) is 7.68. The summed E-state index contributed by atoms with van der Waals surface area (Å²) >= 11 is 8.73. The van der Waals surface area contributed by atoms with Crippen LogP contribution in [0.1, 0.15) is 18.5 Å². The molecule has 136 valence electrons. The van der Waals surface area contributed by atoms with E-state index < -0.39 is 12.0 Å². The Morgan fingerprint density at radius 2 is 2.15 bits per heavy atom. The molecule has 0 bridgehead atoms. The molecule has 2 amide bonds. The number of carbonyl (C=O) groups is 2. The fourth-order valence-corrected chi connectivity index (χ4v) is 4.03. The third-order valence-electron chi connectivity index (χ3n) is 3.53. The lowest BCUT2D eigenvalue weighted by atomic mass is 9.95. The molecule has 7 nitrogen and oxygen atoms in total. The molecule has 1 atom stereocenters. The number of benzene rings is 1. The maximum Gasteiger partial charge on any atom is 0.338 e. The summed E-state index contributed by atoms with van der Waals surface area (Å²) in [7, 11) is 0. The van der Waals surface area contributed by atoms with Crippen molar-refractivity contribution in [2.24, 2.45) is 0 Å². The van der Waals surface area contributed by atoms with Crippen LogP contribution in [0.25, 0.3) is 0 Å². The highest BCUT2D eigenvalue weighted by molar-refractivity contribution is 8.01. The highest BCUT2D eigenvalue weighted by atomic mass is 35.5. The molecule has 0 saturated heterocycles. The van der Waals surface area contributed by atoms with Gasteiger partial charge in [0, 0.05) is 16.5 Å². The number of thioether (sulfide) groups is 1. The molecular weight excluding hydrogens is 396 g/mol. The topological polar surface area (TPSA) is 93.2 Å². The minimum Gasteiger partial charge on any atom is -0.463 e. The lowest BCUT2D eigenvalue weighted by molar-refractivity contribution is -0.139. The Morgan fingerprint density at radius 1 is 1.38 bits per heavy atom. The minimum absolute atomic E-state index is 0.237. The zero-order chi connectivity index (χ0) is 18.5. The van der Waals surface area contributed by atoms with Gasteiger partial charge in [-0.05, 0) is 24.6 Å². The van der Waals surface area contributed by atoms with E-state index in [4.69, 9.17) is 16.3 Å². The summed E-state index contributed by atoms with van der Waals surface area (Å²) < 4.78 is 5.96.